The Balaban J connectivity index is 1.21. The highest BCUT2D eigenvalue weighted by molar-refractivity contribution is 5.89. The van der Waals surface area contributed by atoms with E-state index < -0.39 is 0 Å². The van der Waals surface area contributed by atoms with E-state index in [1.165, 1.54) is 44.3 Å². The van der Waals surface area contributed by atoms with E-state index in [2.05, 4.69) is 51.9 Å². The molecule has 158 valence electrons. The van der Waals surface area contributed by atoms with Crippen molar-refractivity contribution in [2.45, 2.75) is 38.5 Å². The number of benzene rings is 2. The van der Waals surface area contributed by atoms with Crippen LogP contribution >= 0.6 is 0 Å². The summed E-state index contributed by atoms with van der Waals surface area (Å²) in [4.78, 5) is 14.5. The normalized spacial score (nSPS) is 14.8. The van der Waals surface area contributed by atoms with E-state index in [0.717, 1.165) is 25.3 Å². The summed E-state index contributed by atoms with van der Waals surface area (Å²) in [5.74, 6) is 0.820. The van der Waals surface area contributed by atoms with Crippen LogP contribution in [0.4, 0.5) is 10.5 Å². The molecule has 1 aliphatic rings. The highest BCUT2D eigenvalue weighted by Gasteiger charge is 2.18. The lowest BCUT2D eigenvalue weighted by atomic mass is 9.90. The average Bonchev–Trinajstić information content (AvgIpc) is 2.78. The predicted molar refractivity (Wildman–Crippen MR) is 121 cm³/mol. The molecular weight excluding hydrogens is 372 g/mol. The lowest BCUT2D eigenvalue weighted by Gasteiger charge is -2.32. The molecule has 5 heteroatoms. The van der Waals surface area contributed by atoms with Crippen LogP contribution < -0.4 is 10.6 Å². The van der Waals surface area contributed by atoms with Gasteiger partial charge in [0.2, 0.25) is 0 Å². The number of piperidine rings is 1. The van der Waals surface area contributed by atoms with Gasteiger partial charge in [0.1, 0.15) is 0 Å². The number of urea groups is 1. The second-order valence-electron chi connectivity index (χ2n) is 8.11. The molecule has 30 heavy (non-hydrogen) atoms. The summed E-state index contributed by atoms with van der Waals surface area (Å²) in [6, 6.07) is 19.6. The third-order valence-electron chi connectivity index (χ3n) is 5.76. The molecule has 0 bridgehead atoms. The number of carbonyl (C=O) groups excluding carboxylic acids is 1. The van der Waals surface area contributed by atoms with Crippen LogP contribution in [0.2, 0.25) is 0 Å². The van der Waals surface area contributed by atoms with Gasteiger partial charge < -0.3 is 15.5 Å². The Morgan fingerprint density at radius 2 is 1.83 bits per heavy atom. The van der Waals surface area contributed by atoms with E-state index in [4.69, 9.17) is 5.26 Å². The fourth-order valence-electron chi connectivity index (χ4n) is 4.04. The molecule has 2 aromatic carbocycles. The first-order valence-corrected chi connectivity index (χ1v) is 11.0. The van der Waals surface area contributed by atoms with E-state index in [1.54, 1.807) is 24.3 Å². The summed E-state index contributed by atoms with van der Waals surface area (Å²) in [6.07, 6.45) is 7.08. The molecule has 3 rings (SSSR count). The number of unbranched alkanes of at least 4 members (excludes halogenated alkanes) is 2. The maximum atomic E-state index is 11.9. The lowest BCUT2D eigenvalue weighted by molar-refractivity contribution is 0.181. The van der Waals surface area contributed by atoms with Crippen molar-refractivity contribution in [1.82, 2.24) is 10.2 Å². The van der Waals surface area contributed by atoms with Gasteiger partial charge in [0.15, 0.2) is 0 Å². The molecule has 1 fully saturated rings. The van der Waals surface area contributed by atoms with Gasteiger partial charge in [-0.1, -0.05) is 42.8 Å². The van der Waals surface area contributed by atoms with Crippen LogP contribution in [0, 0.1) is 17.2 Å². The molecule has 0 spiro atoms. The van der Waals surface area contributed by atoms with Crippen molar-refractivity contribution in [2.24, 2.45) is 5.92 Å². The highest BCUT2D eigenvalue weighted by atomic mass is 16.2. The van der Waals surface area contributed by atoms with Crippen molar-refractivity contribution in [1.29, 1.82) is 5.26 Å². The first-order valence-electron chi connectivity index (χ1n) is 11.0. The summed E-state index contributed by atoms with van der Waals surface area (Å²) in [5, 5.41) is 14.6. The van der Waals surface area contributed by atoms with Crippen LogP contribution in [-0.2, 0) is 6.42 Å². The zero-order valence-electron chi connectivity index (χ0n) is 17.6. The van der Waals surface area contributed by atoms with Crippen LogP contribution in [0.15, 0.2) is 54.6 Å². The van der Waals surface area contributed by atoms with E-state index in [9.17, 15) is 4.79 Å². The smallest absolute Gasteiger partial charge is 0.319 e. The van der Waals surface area contributed by atoms with Crippen LogP contribution in [0.25, 0.3) is 0 Å². The van der Waals surface area contributed by atoms with Crippen molar-refractivity contribution in [3.8, 4) is 6.07 Å². The van der Waals surface area contributed by atoms with Gasteiger partial charge in [-0.2, -0.15) is 5.26 Å². The zero-order valence-corrected chi connectivity index (χ0v) is 17.6. The molecule has 2 amide bonds. The Bertz CT molecular complexity index is 823. The fourth-order valence-corrected chi connectivity index (χ4v) is 4.04. The molecule has 0 aliphatic carbocycles. The van der Waals surface area contributed by atoms with Gasteiger partial charge in [0.25, 0.3) is 0 Å². The van der Waals surface area contributed by atoms with Crippen molar-refractivity contribution < 1.29 is 4.79 Å². The Labute approximate surface area is 180 Å². The second kappa shape index (κ2) is 12.0. The Morgan fingerprint density at radius 3 is 2.60 bits per heavy atom. The lowest BCUT2D eigenvalue weighted by Crippen LogP contribution is -2.35. The molecule has 0 saturated carbocycles. The Kier molecular flexibility index (Phi) is 8.74. The van der Waals surface area contributed by atoms with E-state index in [0.29, 0.717) is 17.8 Å². The summed E-state index contributed by atoms with van der Waals surface area (Å²) in [6.45, 7) is 4.24. The molecular formula is C25H32N4O. The number of likely N-dealkylation sites (tertiary alicyclic amines) is 1. The van der Waals surface area contributed by atoms with Crippen LogP contribution in [0.3, 0.4) is 0 Å². The second-order valence-corrected chi connectivity index (χ2v) is 8.11. The van der Waals surface area contributed by atoms with Crippen LogP contribution in [-0.4, -0.2) is 37.1 Å². The van der Waals surface area contributed by atoms with E-state index in [-0.39, 0.29) is 6.03 Å². The number of nitrogens with one attached hydrogen (secondary N) is 2. The number of hydrogen-bond acceptors (Lipinski definition) is 3. The van der Waals surface area contributed by atoms with Gasteiger partial charge in [-0.05, 0) is 81.4 Å². The minimum atomic E-state index is -0.217. The topological polar surface area (TPSA) is 68.2 Å². The SMILES string of the molecule is N#Cc1cccc(NC(=O)NCCCCCN2CCC(Cc3ccccc3)CC2)c1. The van der Waals surface area contributed by atoms with E-state index >= 15 is 0 Å². The van der Waals surface area contributed by atoms with Gasteiger partial charge in [0, 0.05) is 12.2 Å². The third-order valence-corrected chi connectivity index (χ3v) is 5.76. The number of nitrogens with zero attached hydrogens (tertiary/aromatic N) is 2. The molecule has 5 nitrogen and oxygen atoms in total. The Morgan fingerprint density at radius 1 is 1.03 bits per heavy atom. The predicted octanol–water partition coefficient (Wildman–Crippen LogP) is 4.80. The molecule has 2 aromatic rings. The molecule has 1 aliphatic heterocycles. The van der Waals surface area contributed by atoms with Gasteiger partial charge in [-0.25, -0.2) is 4.79 Å². The standard InChI is InChI=1S/C25H32N4O/c26-20-23-10-7-11-24(19-23)28-25(30)27-14-5-2-6-15-29-16-12-22(13-17-29)18-21-8-3-1-4-9-21/h1,3-4,7-11,19,22H,2,5-6,12-18H2,(H2,27,28,30). The van der Waals surface area contributed by atoms with Crippen molar-refractivity contribution >= 4 is 11.7 Å². The van der Waals surface area contributed by atoms with Crippen LogP contribution in [0.5, 0.6) is 0 Å². The van der Waals surface area contributed by atoms with Crippen molar-refractivity contribution in [3.05, 3.63) is 65.7 Å². The average molecular weight is 405 g/mol. The third kappa shape index (κ3) is 7.53. The monoisotopic (exact) mass is 404 g/mol. The molecule has 2 N–H and O–H groups in total. The van der Waals surface area contributed by atoms with Crippen molar-refractivity contribution in [3.63, 3.8) is 0 Å². The summed E-state index contributed by atoms with van der Waals surface area (Å²) >= 11 is 0. The van der Waals surface area contributed by atoms with Crippen LogP contribution in [0.1, 0.15) is 43.2 Å². The summed E-state index contributed by atoms with van der Waals surface area (Å²) in [7, 11) is 0. The molecule has 1 heterocycles. The minimum absolute atomic E-state index is 0.217. The van der Waals surface area contributed by atoms with Gasteiger partial charge in [-0.15, -0.1) is 0 Å². The highest BCUT2D eigenvalue weighted by Crippen LogP contribution is 2.21. The number of nitriles is 1. The summed E-state index contributed by atoms with van der Waals surface area (Å²) in [5.41, 5.74) is 2.64. The first kappa shape index (κ1) is 21.9. The molecule has 0 unspecified atom stereocenters. The summed E-state index contributed by atoms with van der Waals surface area (Å²) < 4.78 is 0. The number of rotatable bonds is 9. The maximum absolute atomic E-state index is 11.9. The van der Waals surface area contributed by atoms with Crippen molar-refractivity contribution in [2.75, 3.05) is 31.5 Å². The molecule has 0 radical (unpaired) electrons. The molecule has 0 aromatic heterocycles. The quantitative estimate of drug-likeness (QED) is 0.590. The molecule has 0 atom stereocenters. The Hall–Kier alpha value is -2.84. The first-order chi connectivity index (χ1) is 14.7. The number of anilines is 1. The number of carbonyl (C=O) groups is 1. The van der Waals surface area contributed by atoms with E-state index in [1.807, 2.05) is 0 Å². The zero-order chi connectivity index (χ0) is 21.0. The largest absolute Gasteiger partial charge is 0.338 e. The maximum Gasteiger partial charge on any atom is 0.319 e. The van der Waals surface area contributed by atoms with Gasteiger partial charge in [0.05, 0.1) is 11.6 Å². The molecule has 1 saturated heterocycles. The van der Waals surface area contributed by atoms with Gasteiger partial charge in [-0.3, -0.25) is 0 Å². The number of hydrogen-bond donors (Lipinski definition) is 2. The minimum Gasteiger partial charge on any atom is -0.338 e. The van der Waals surface area contributed by atoms with Gasteiger partial charge >= 0.3 is 6.03 Å². The number of amides is 2. The fraction of sp³-hybridized carbons (Fsp3) is 0.440.